The molecule has 0 saturated carbocycles. The first kappa shape index (κ1) is 21.8. The predicted octanol–water partition coefficient (Wildman–Crippen LogP) is 3.62. The molecule has 1 aromatic heterocycles. The lowest BCUT2D eigenvalue weighted by molar-refractivity contribution is -0.137. The van der Waals surface area contributed by atoms with Crippen molar-refractivity contribution >= 4 is 15.6 Å². The minimum Gasteiger partial charge on any atom is -0.348 e. The molecule has 1 amide bonds. The number of amides is 1. The normalized spacial score (nSPS) is 16.1. The average Bonchev–Trinajstić information content (AvgIpc) is 2.70. The third-order valence-electron chi connectivity index (χ3n) is 4.78. The van der Waals surface area contributed by atoms with Gasteiger partial charge in [-0.3, -0.25) is 9.59 Å². The Morgan fingerprint density at radius 3 is 2.53 bits per heavy atom. The number of aromatic nitrogens is 1. The third kappa shape index (κ3) is 4.99. The fourth-order valence-corrected chi connectivity index (χ4v) is 4.26. The van der Waals surface area contributed by atoms with Gasteiger partial charge >= 0.3 is 6.18 Å². The molecule has 1 aliphatic rings. The number of pyridine rings is 1. The molecule has 2 aromatic rings. The van der Waals surface area contributed by atoms with Crippen molar-refractivity contribution in [2.24, 2.45) is 0 Å². The highest BCUT2D eigenvalue weighted by molar-refractivity contribution is 7.95. The summed E-state index contributed by atoms with van der Waals surface area (Å²) in [5.74, 6) is -0.597. The van der Waals surface area contributed by atoms with Gasteiger partial charge in [0.25, 0.3) is 11.5 Å². The van der Waals surface area contributed by atoms with Crippen LogP contribution in [-0.2, 0) is 28.7 Å². The van der Waals surface area contributed by atoms with E-state index in [9.17, 15) is 27.0 Å². The van der Waals surface area contributed by atoms with Crippen LogP contribution in [0.15, 0.2) is 51.5 Å². The van der Waals surface area contributed by atoms with Crippen molar-refractivity contribution in [2.75, 3.05) is 6.54 Å². The van der Waals surface area contributed by atoms with E-state index in [1.165, 1.54) is 6.08 Å². The molecule has 3 rings (SSSR count). The monoisotopic (exact) mass is 439 g/mol. The fourth-order valence-electron chi connectivity index (χ4n) is 3.20. The number of halogens is 3. The number of hydrogen-bond acceptors (Lipinski definition) is 4. The molecule has 3 N–H and O–H groups in total. The lowest BCUT2D eigenvalue weighted by Crippen LogP contribution is -2.31. The maximum Gasteiger partial charge on any atom is 0.416 e. The smallest absolute Gasteiger partial charge is 0.348 e. The summed E-state index contributed by atoms with van der Waals surface area (Å²) in [5, 5.41) is 3.52. The highest BCUT2D eigenvalue weighted by Gasteiger charge is 2.30. The molecular weight excluding hydrogens is 419 g/mol. The Balaban J connectivity index is 1.64. The summed E-state index contributed by atoms with van der Waals surface area (Å²) in [6, 6.07) is 5.10. The van der Waals surface area contributed by atoms with E-state index in [1.807, 2.05) is 0 Å². The van der Waals surface area contributed by atoms with Crippen LogP contribution in [0.2, 0.25) is 0 Å². The number of benzene rings is 1. The SMILES string of the molecule is N=S(=O)(/C=C/CNC(=O)c1cc2c([nH]c1=O)CCCC2)c1ccc(C(F)(F)F)cc1. The zero-order valence-corrected chi connectivity index (χ0v) is 16.7. The summed E-state index contributed by atoms with van der Waals surface area (Å²) in [6.45, 7) is -0.0914. The van der Waals surface area contributed by atoms with E-state index in [-0.39, 0.29) is 17.0 Å². The van der Waals surface area contributed by atoms with Crippen molar-refractivity contribution in [1.82, 2.24) is 10.3 Å². The second-order valence-corrected chi connectivity index (χ2v) is 8.87. The number of alkyl halides is 3. The number of aromatic amines is 1. The number of carbonyl (C=O) groups excluding carboxylic acids is 1. The van der Waals surface area contributed by atoms with Crippen LogP contribution in [0.4, 0.5) is 13.2 Å². The van der Waals surface area contributed by atoms with Gasteiger partial charge in [0.05, 0.1) is 20.2 Å². The van der Waals surface area contributed by atoms with Gasteiger partial charge in [-0.25, -0.2) is 8.99 Å². The van der Waals surface area contributed by atoms with E-state index in [2.05, 4.69) is 10.3 Å². The maximum atomic E-state index is 12.6. The first-order valence-electron chi connectivity index (χ1n) is 9.24. The highest BCUT2D eigenvalue weighted by Crippen LogP contribution is 2.30. The van der Waals surface area contributed by atoms with Gasteiger partial charge in [0.1, 0.15) is 5.56 Å². The summed E-state index contributed by atoms with van der Waals surface area (Å²) in [5.41, 5.74) is 0.406. The molecule has 0 radical (unpaired) electrons. The van der Waals surface area contributed by atoms with Crippen molar-refractivity contribution in [1.29, 1.82) is 4.78 Å². The lowest BCUT2D eigenvalue weighted by atomic mass is 9.95. The van der Waals surface area contributed by atoms with E-state index in [0.717, 1.165) is 66.6 Å². The summed E-state index contributed by atoms with van der Waals surface area (Å²) < 4.78 is 58.1. The summed E-state index contributed by atoms with van der Waals surface area (Å²) in [7, 11) is -3.47. The minimum atomic E-state index is -4.52. The lowest BCUT2D eigenvalue weighted by Gasteiger charge is -2.15. The zero-order chi connectivity index (χ0) is 21.9. The summed E-state index contributed by atoms with van der Waals surface area (Å²) in [6.07, 6.45) is 0.306. The van der Waals surface area contributed by atoms with Crippen molar-refractivity contribution in [3.05, 3.63) is 74.6 Å². The molecule has 1 aliphatic carbocycles. The Morgan fingerprint density at radius 2 is 1.87 bits per heavy atom. The van der Waals surface area contributed by atoms with Gasteiger partial charge in [0.15, 0.2) is 0 Å². The van der Waals surface area contributed by atoms with Crippen LogP contribution in [0, 0.1) is 4.78 Å². The molecule has 0 spiro atoms. The number of H-pyrrole nitrogens is 1. The topological polar surface area (TPSA) is 103 Å². The summed E-state index contributed by atoms with van der Waals surface area (Å²) in [4.78, 5) is 27.1. The van der Waals surface area contributed by atoms with Gasteiger partial charge in [0, 0.05) is 17.6 Å². The van der Waals surface area contributed by atoms with E-state index < -0.39 is 32.9 Å². The van der Waals surface area contributed by atoms with Gasteiger partial charge in [-0.2, -0.15) is 13.2 Å². The van der Waals surface area contributed by atoms with Gasteiger partial charge in [0.2, 0.25) is 0 Å². The molecule has 0 aliphatic heterocycles. The molecule has 30 heavy (non-hydrogen) atoms. The van der Waals surface area contributed by atoms with Crippen molar-refractivity contribution < 1.29 is 22.2 Å². The Labute approximate surface area is 171 Å². The number of nitrogens with one attached hydrogen (secondary N) is 3. The Bertz CT molecular complexity index is 1130. The Kier molecular flexibility index (Phi) is 6.16. The molecule has 1 heterocycles. The van der Waals surface area contributed by atoms with E-state index in [0.29, 0.717) is 0 Å². The first-order chi connectivity index (χ1) is 14.1. The molecule has 0 bridgehead atoms. The molecule has 6 nitrogen and oxygen atoms in total. The fraction of sp³-hybridized carbons (Fsp3) is 0.300. The van der Waals surface area contributed by atoms with E-state index in [4.69, 9.17) is 4.78 Å². The number of carbonyl (C=O) groups is 1. The molecule has 1 unspecified atom stereocenters. The van der Waals surface area contributed by atoms with Gasteiger partial charge < -0.3 is 10.3 Å². The average molecular weight is 439 g/mol. The second kappa shape index (κ2) is 8.47. The molecule has 0 saturated heterocycles. The highest BCUT2D eigenvalue weighted by atomic mass is 32.2. The predicted molar refractivity (Wildman–Crippen MR) is 106 cm³/mol. The quantitative estimate of drug-likeness (QED) is 0.663. The maximum absolute atomic E-state index is 12.6. The first-order valence-corrected chi connectivity index (χ1v) is 10.9. The molecule has 0 fully saturated rings. The number of fused-ring (bicyclic) bond motifs is 1. The van der Waals surface area contributed by atoms with Gasteiger partial charge in [-0.15, -0.1) is 0 Å². The number of hydrogen-bond donors (Lipinski definition) is 3. The van der Waals surface area contributed by atoms with Crippen molar-refractivity contribution in [3.63, 3.8) is 0 Å². The molecule has 160 valence electrons. The molecular formula is C20H20F3N3O3S. The van der Waals surface area contributed by atoms with Crippen LogP contribution in [0.3, 0.4) is 0 Å². The Hall–Kier alpha value is -2.88. The minimum absolute atomic E-state index is 0.0154. The third-order valence-corrected chi connectivity index (χ3v) is 6.33. The molecule has 1 atom stereocenters. The van der Waals surface area contributed by atoms with Crippen LogP contribution < -0.4 is 10.9 Å². The molecule has 1 aromatic carbocycles. The zero-order valence-electron chi connectivity index (χ0n) is 15.8. The number of aryl methyl sites for hydroxylation is 2. The van der Waals surface area contributed by atoms with Gasteiger partial charge in [-0.05, 0) is 61.6 Å². The second-order valence-electron chi connectivity index (χ2n) is 6.93. The Morgan fingerprint density at radius 1 is 1.20 bits per heavy atom. The standard InChI is InChI=1S/C20H20F3N3O3S/c21-20(22,23)14-6-8-15(9-7-14)30(24,29)11-3-10-25-18(27)16-12-13-4-1-2-5-17(13)26-19(16)28/h3,6-9,11-12,24H,1-2,4-5,10H2,(H,25,27)(H,26,28)/b11-3+. The van der Waals surface area contributed by atoms with E-state index in [1.54, 1.807) is 6.07 Å². The van der Waals surface area contributed by atoms with Crippen LogP contribution in [0.1, 0.15) is 40.0 Å². The van der Waals surface area contributed by atoms with E-state index >= 15 is 0 Å². The van der Waals surface area contributed by atoms with Crippen LogP contribution in [-0.4, -0.2) is 21.6 Å². The van der Waals surface area contributed by atoms with Crippen molar-refractivity contribution in [2.45, 2.75) is 36.8 Å². The van der Waals surface area contributed by atoms with Crippen LogP contribution in [0.5, 0.6) is 0 Å². The number of rotatable bonds is 5. The summed E-state index contributed by atoms with van der Waals surface area (Å²) >= 11 is 0. The van der Waals surface area contributed by atoms with Gasteiger partial charge in [-0.1, -0.05) is 6.08 Å². The van der Waals surface area contributed by atoms with Crippen molar-refractivity contribution in [3.8, 4) is 0 Å². The van der Waals surface area contributed by atoms with Crippen LogP contribution in [0.25, 0.3) is 0 Å². The largest absolute Gasteiger partial charge is 0.416 e. The van der Waals surface area contributed by atoms with Crippen LogP contribution >= 0.6 is 0 Å². The molecule has 10 heteroatoms.